The second-order valence-corrected chi connectivity index (χ2v) is 14.9. The molecule has 1 amide bonds. The van der Waals surface area contributed by atoms with Crippen LogP contribution in [0, 0.1) is 34.5 Å². The summed E-state index contributed by atoms with van der Waals surface area (Å²) < 4.78 is 41.4. The first-order chi connectivity index (χ1) is 20.1. The lowest BCUT2D eigenvalue weighted by Crippen LogP contribution is -2.57. The van der Waals surface area contributed by atoms with Crippen LogP contribution in [0.1, 0.15) is 84.3 Å². The van der Waals surface area contributed by atoms with Gasteiger partial charge in [0.15, 0.2) is 5.78 Å². The second-order valence-electron chi connectivity index (χ2n) is 14.9. The van der Waals surface area contributed by atoms with Gasteiger partial charge in [0.1, 0.15) is 0 Å². The zero-order chi connectivity index (χ0) is 30.9. The average molecular weight is 593 g/mol. The molecule has 6 atom stereocenters. The van der Waals surface area contributed by atoms with Crippen molar-refractivity contribution in [1.29, 1.82) is 0 Å². The molecule has 1 aliphatic heterocycles. The van der Waals surface area contributed by atoms with E-state index < -0.39 is 11.7 Å². The molecule has 2 aromatic carbocycles. The number of carbonyl (C=O) groups is 2. The minimum atomic E-state index is -4.52. The predicted octanol–water partition coefficient (Wildman–Crippen LogP) is 8.52. The van der Waals surface area contributed by atoms with Crippen LogP contribution in [-0.4, -0.2) is 18.2 Å². The summed E-state index contributed by atoms with van der Waals surface area (Å²) in [4.78, 5) is 26.2. The number of alkyl halides is 3. The summed E-state index contributed by atoms with van der Waals surface area (Å²) in [6, 6.07) is 11.5. The average Bonchev–Trinajstić information content (AvgIpc) is 3.30. The minimum Gasteiger partial charge on any atom is -0.387 e. The molecular weight excluding hydrogens is 549 g/mol. The van der Waals surface area contributed by atoms with Gasteiger partial charge in [0.2, 0.25) is 5.91 Å². The summed E-state index contributed by atoms with van der Waals surface area (Å²) in [6.45, 7) is 11.7. The zero-order valence-corrected chi connectivity index (χ0v) is 25.8. The van der Waals surface area contributed by atoms with E-state index in [9.17, 15) is 22.8 Å². The van der Waals surface area contributed by atoms with Gasteiger partial charge >= 0.3 is 6.18 Å². The maximum atomic E-state index is 14.0. The Morgan fingerprint density at radius 2 is 1.63 bits per heavy atom. The summed E-state index contributed by atoms with van der Waals surface area (Å²) in [5.41, 5.74) is 2.66. The Bertz CT molecular complexity index is 1470. The van der Waals surface area contributed by atoms with Crippen LogP contribution in [0.15, 0.2) is 54.2 Å². The van der Waals surface area contributed by atoms with Crippen molar-refractivity contribution in [3.63, 3.8) is 0 Å². The van der Waals surface area contributed by atoms with E-state index in [-0.39, 0.29) is 39.5 Å². The number of ketones is 1. The number of anilines is 1. The van der Waals surface area contributed by atoms with Gasteiger partial charge in [-0.3, -0.25) is 9.59 Å². The van der Waals surface area contributed by atoms with Gasteiger partial charge in [0.25, 0.3) is 0 Å². The Hall–Kier alpha value is -3.09. The van der Waals surface area contributed by atoms with Gasteiger partial charge in [-0.15, -0.1) is 0 Å². The van der Waals surface area contributed by atoms with Crippen LogP contribution in [0.3, 0.4) is 0 Å². The van der Waals surface area contributed by atoms with Crippen molar-refractivity contribution in [3.8, 4) is 11.1 Å². The molecule has 3 fully saturated rings. The monoisotopic (exact) mass is 592 g/mol. The van der Waals surface area contributed by atoms with Crippen molar-refractivity contribution in [1.82, 2.24) is 5.32 Å². The third kappa shape index (κ3) is 5.10. The Balaban J connectivity index is 1.27. The summed E-state index contributed by atoms with van der Waals surface area (Å²) in [5.74, 6) is 0.930. The van der Waals surface area contributed by atoms with Crippen molar-refractivity contribution >= 4 is 17.4 Å². The van der Waals surface area contributed by atoms with Crippen molar-refractivity contribution in [2.45, 2.75) is 84.7 Å². The van der Waals surface area contributed by atoms with Crippen LogP contribution in [0.5, 0.6) is 0 Å². The van der Waals surface area contributed by atoms with E-state index in [1.807, 2.05) is 30.3 Å². The molecule has 0 spiro atoms. The molecule has 4 aliphatic rings. The number of allylic oxidation sites excluding steroid dienone is 2. The van der Waals surface area contributed by atoms with Crippen LogP contribution in [0.4, 0.5) is 18.9 Å². The molecule has 230 valence electrons. The number of hydrogen-bond acceptors (Lipinski definition) is 3. The Kier molecular flexibility index (Phi) is 7.13. The quantitative estimate of drug-likeness (QED) is 0.376. The van der Waals surface area contributed by atoms with Gasteiger partial charge in [-0.05, 0) is 83.9 Å². The molecule has 0 bridgehead atoms. The molecule has 1 saturated heterocycles. The summed E-state index contributed by atoms with van der Waals surface area (Å²) in [7, 11) is 0. The van der Waals surface area contributed by atoms with Crippen LogP contribution in [-0.2, 0) is 21.2 Å². The zero-order valence-electron chi connectivity index (χ0n) is 25.8. The molecule has 1 heterocycles. The Morgan fingerprint density at radius 1 is 0.930 bits per heavy atom. The molecule has 43 heavy (non-hydrogen) atoms. The molecule has 6 rings (SSSR count). The predicted molar refractivity (Wildman–Crippen MR) is 163 cm³/mol. The minimum absolute atomic E-state index is 0.0476. The highest BCUT2D eigenvalue weighted by molar-refractivity contribution is 5.97. The van der Waals surface area contributed by atoms with E-state index in [0.29, 0.717) is 29.7 Å². The van der Waals surface area contributed by atoms with E-state index in [1.54, 1.807) is 0 Å². The first-order valence-corrected chi connectivity index (χ1v) is 15.7. The normalized spacial score (nSPS) is 32.2. The Morgan fingerprint density at radius 3 is 2.30 bits per heavy atom. The number of carbonyl (C=O) groups excluding carboxylic acids is 2. The van der Waals surface area contributed by atoms with Gasteiger partial charge in [0, 0.05) is 47.3 Å². The maximum absolute atomic E-state index is 14.0. The first-order valence-electron chi connectivity index (χ1n) is 15.7. The van der Waals surface area contributed by atoms with Crippen molar-refractivity contribution in [2.75, 3.05) is 11.9 Å². The smallest absolute Gasteiger partial charge is 0.387 e. The van der Waals surface area contributed by atoms with Crippen LogP contribution >= 0.6 is 0 Å². The summed E-state index contributed by atoms with van der Waals surface area (Å²) in [6.07, 6.45) is 2.26. The number of benzene rings is 2. The van der Waals surface area contributed by atoms with Crippen molar-refractivity contribution < 1.29 is 22.8 Å². The van der Waals surface area contributed by atoms with Gasteiger partial charge in [-0.2, -0.15) is 13.2 Å². The van der Waals surface area contributed by atoms with Gasteiger partial charge in [-0.1, -0.05) is 65.0 Å². The number of halogens is 3. The third-order valence-electron chi connectivity index (χ3n) is 11.6. The highest BCUT2D eigenvalue weighted by Crippen LogP contribution is 2.64. The van der Waals surface area contributed by atoms with Crippen molar-refractivity contribution in [3.05, 3.63) is 65.4 Å². The lowest BCUT2D eigenvalue weighted by Gasteiger charge is -2.58. The lowest BCUT2D eigenvalue weighted by molar-refractivity contribution is -0.137. The molecule has 3 aliphatic carbocycles. The number of fused-ring (bicyclic) bond motifs is 5. The second kappa shape index (κ2) is 10.2. The third-order valence-corrected chi connectivity index (χ3v) is 11.6. The lowest BCUT2D eigenvalue weighted by atomic mass is 9.50. The van der Waals surface area contributed by atoms with E-state index in [1.165, 1.54) is 6.07 Å². The SMILES string of the molecule is CC(C)(C)c1ccc(-c2ccc(C(F)(F)F)cc2NC(=O)[C@H]2CC[C@H]3[C@@H]4CNC5=CC(=O)CC[C@]5(C)[C@H]4CC[C@]23C)cc1. The molecule has 0 unspecified atom stereocenters. The molecule has 4 nitrogen and oxygen atoms in total. The first kappa shape index (κ1) is 30.0. The topological polar surface area (TPSA) is 58.2 Å². The Labute approximate surface area is 252 Å². The maximum Gasteiger partial charge on any atom is 0.416 e. The largest absolute Gasteiger partial charge is 0.416 e. The fourth-order valence-electron chi connectivity index (χ4n) is 9.02. The van der Waals surface area contributed by atoms with Gasteiger partial charge in [0.05, 0.1) is 5.56 Å². The highest BCUT2D eigenvalue weighted by atomic mass is 19.4. The molecule has 0 radical (unpaired) electrons. The molecule has 2 saturated carbocycles. The number of rotatable bonds is 3. The molecule has 7 heteroatoms. The fraction of sp³-hybridized carbons (Fsp3) is 0.556. The van der Waals surface area contributed by atoms with E-state index in [2.05, 4.69) is 45.3 Å². The van der Waals surface area contributed by atoms with E-state index in [0.717, 1.165) is 67.6 Å². The van der Waals surface area contributed by atoms with Crippen LogP contribution < -0.4 is 10.6 Å². The van der Waals surface area contributed by atoms with E-state index in [4.69, 9.17) is 0 Å². The fourth-order valence-corrected chi connectivity index (χ4v) is 9.02. The highest BCUT2D eigenvalue weighted by Gasteiger charge is 2.60. The molecule has 2 aromatic rings. The molecule has 2 N–H and O–H groups in total. The van der Waals surface area contributed by atoms with E-state index >= 15 is 0 Å². The number of hydrogen-bond donors (Lipinski definition) is 2. The van der Waals surface area contributed by atoms with Crippen LogP contribution in [0.25, 0.3) is 11.1 Å². The molecule has 0 aromatic heterocycles. The number of piperidine rings is 1. The number of nitrogens with one attached hydrogen (secondary N) is 2. The van der Waals surface area contributed by atoms with Gasteiger partial charge < -0.3 is 10.6 Å². The summed E-state index contributed by atoms with van der Waals surface area (Å²) >= 11 is 0. The van der Waals surface area contributed by atoms with Gasteiger partial charge in [-0.25, -0.2) is 0 Å². The number of amides is 1. The van der Waals surface area contributed by atoms with Crippen molar-refractivity contribution in [2.24, 2.45) is 34.5 Å². The summed E-state index contributed by atoms with van der Waals surface area (Å²) in [5, 5.41) is 6.59. The standard InChI is InChI=1S/C36H43F3N2O2/c1-33(2,3)22-8-6-21(7-9-22)25-11-10-23(36(37,38)39)18-30(25)41-32(43)29-13-12-27-26-20-40-31-19-24(42)14-16-35(31,5)28(26)15-17-34(27,29)4/h6-11,18-19,26-29,40H,12-17,20H2,1-5H3,(H,41,43)/t26-,27-,28-,29+,34-,35+/m0/s1. The molecular formula is C36H43F3N2O2. The van der Waals surface area contributed by atoms with Crippen LogP contribution in [0.2, 0.25) is 0 Å².